The molecule has 1 aliphatic rings. The SMILES string of the molecule is Nc1nc(Cl)c2nnn([C@@H]3C[C@H](CO)C[C@H]3O)c2n1. The average Bonchev–Trinajstić information content (AvgIpc) is 2.92. The van der Waals surface area contributed by atoms with Crippen LogP contribution in [-0.4, -0.2) is 47.9 Å². The van der Waals surface area contributed by atoms with Gasteiger partial charge < -0.3 is 15.9 Å². The van der Waals surface area contributed by atoms with Crippen molar-refractivity contribution in [1.29, 1.82) is 0 Å². The van der Waals surface area contributed by atoms with E-state index >= 15 is 0 Å². The first-order valence-corrected chi connectivity index (χ1v) is 6.30. The zero-order valence-corrected chi connectivity index (χ0v) is 10.7. The van der Waals surface area contributed by atoms with E-state index in [1.54, 1.807) is 0 Å². The Bertz CT molecular complexity index is 617. The van der Waals surface area contributed by atoms with Gasteiger partial charge in [-0.2, -0.15) is 9.97 Å². The van der Waals surface area contributed by atoms with Crippen LogP contribution >= 0.6 is 11.6 Å². The van der Waals surface area contributed by atoms with E-state index in [1.165, 1.54) is 4.68 Å². The van der Waals surface area contributed by atoms with Gasteiger partial charge in [-0.25, -0.2) is 4.68 Å². The number of aliphatic hydroxyl groups excluding tert-OH is 2. The summed E-state index contributed by atoms with van der Waals surface area (Å²) < 4.78 is 1.51. The highest BCUT2D eigenvalue weighted by Crippen LogP contribution is 2.35. The molecule has 0 saturated heterocycles. The van der Waals surface area contributed by atoms with Crippen LogP contribution in [0.3, 0.4) is 0 Å². The maximum absolute atomic E-state index is 10.1. The second-order valence-corrected chi connectivity index (χ2v) is 5.09. The van der Waals surface area contributed by atoms with Gasteiger partial charge in [0.05, 0.1) is 12.1 Å². The highest BCUT2D eigenvalue weighted by molar-refractivity contribution is 6.33. The van der Waals surface area contributed by atoms with Crippen molar-refractivity contribution in [2.75, 3.05) is 12.3 Å². The van der Waals surface area contributed by atoms with Crippen molar-refractivity contribution in [2.24, 2.45) is 5.92 Å². The van der Waals surface area contributed by atoms with E-state index in [4.69, 9.17) is 17.3 Å². The Kier molecular flexibility index (Phi) is 3.00. The molecule has 1 saturated carbocycles. The first-order chi connectivity index (χ1) is 9.10. The number of aliphatic hydroxyl groups is 2. The van der Waals surface area contributed by atoms with Crippen molar-refractivity contribution >= 4 is 28.7 Å². The topological polar surface area (TPSA) is 123 Å². The number of hydrogen-bond donors (Lipinski definition) is 3. The first kappa shape index (κ1) is 12.5. The predicted molar refractivity (Wildman–Crippen MR) is 67.4 cm³/mol. The molecule has 3 rings (SSSR count). The molecule has 1 fully saturated rings. The number of aromatic nitrogens is 5. The summed E-state index contributed by atoms with van der Waals surface area (Å²) in [5.74, 6) is 0.0844. The summed E-state index contributed by atoms with van der Waals surface area (Å²) in [7, 11) is 0. The van der Waals surface area contributed by atoms with Gasteiger partial charge in [0.25, 0.3) is 0 Å². The van der Waals surface area contributed by atoms with Gasteiger partial charge in [0.1, 0.15) is 0 Å². The molecule has 3 atom stereocenters. The highest BCUT2D eigenvalue weighted by Gasteiger charge is 2.36. The minimum absolute atomic E-state index is 0.0345. The molecule has 102 valence electrons. The van der Waals surface area contributed by atoms with E-state index in [0.29, 0.717) is 24.0 Å². The van der Waals surface area contributed by atoms with Crippen LogP contribution in [0.25, 0.3) is 11.2 Å². The highest BCUT2D eigenvalue weighted by atomic mass is 35.5. The van der Waals surface area contributed by atoms with Crippen LogP contribution in [0.15, 0.2) is 0 Å². The van der Waals surface area contributed by atoms with Crippen LogP contribution in [0, 0.1) is 5.92 Å². The largest absolute Gasteiger partial charge is 0.396 e. The molecule has 19 heavy (non-hydrogen) atoms. The third kappa shape index (κ3) is 2.01. The zero-order chi connectivity index (χ0) is 13.6. The summed E-state index contributed by atoms with van der Waals surface area (Å²) in [4.78, 5) is 7.88. The van der Waals surface area contributed by atoms with Crippen molar-refractivity contribution < 1.29 is 10.2 Å². The number of nitrogen functional groups attached to an aromatic ring is 1. The third-order valence-electron chi connectivity index (χ3n) is 3.46. The van der Waals surface area contributed by atoms with E-state index < -0.39 is 6.10 Å². The Labute approximate surface area is 113 Å². The van der Waals surface area contributed by atoms with Gasteiger partial charge >= 0.3 is 0 Å². The smallest absolute Gasteiger partial charge is 0.223 e. The average molecular weight is 285 g/mol. The lowest BCUT2D eigenvalue weighted by Gasteiger charge is -2.14. The molecule has 0 bridgehead atoms. The Morgan fingerprint density at radius 1 is 1.37 bits per heavy atom. The van der Waals surface area contributed by atoms with E-state index in [9.17, 15) is 10.2 Å². The molecule has 8 nitrogen and oxygen atoms in total. The van der Waals surface area contributed by atoms with Crippen molar-refractivity contribution in [1.82, 2.24) is 25.0 Å². The standard InChI is InChI=1S/C10H13ClN6O2/c11-8-7-9(14-10(12)13-8)17(16-15-7)5-1-4(3-18)2-6(5)19/h4-6,18-19H,1-3H2,(H2,12,13,14)/t4-,5+,6+/m0/s1. The summed E-state index contributed by atoms with van der Waals surface area (Å²) in [6.45, 7) is 0.0398. The molecule has 0 amide bonds. The Morgan fingerprint density at radius 2 is 2.16 bits per heavy atom. The Balaban J connectivity index is 2.06. The summed E-state index contributed by atoms with van der Waals surface area (Å²) in [6, 6.07) is -0.285. The summed E-state index contributed by atoms with van der Waals surface area (Å²) >= 11 is 5.93. The van der Waals surface area contributed by atoms with Gasteiger partial charge in [0, 0.05) is 6.61 Å². The molecule has 0 aromatic carbocycles. The first-order valence-electron chi connectivity index (χ1n) is 5.93. The number of fused-ring (bicyclic) bond motifs is 1. The maximum Gasteiger partial charge on any atom is 0.223 e. The molecule has 0 unspecified atom stereocenters. The van der Waals surface area contributed by atoms with Crippen molar-refractivity contribution in [3.8, 4) is 0 Å². The van der Waals surface area contributed by atoms with Crippen LogP contribution in [0.1, 0.15) is 18.9 Å². The lowest BCUT2D eigenvalue weighted by Crippen LogP contribution is -2.20. The maximum atomic E-state index is 10.1. The number of hydrogen-bond acceptors (Lipinski definition) is 7. The molecule has 2 heterocycles. The quantitative estimate of drug-likeness (QED) is 0.650. The van der Waals surface area contributed by atoms with Gasteiger partial charge in [-0.15, -0.1) is 5.10 Å². The minimum atomic E-state index is -0.600. The summed E-state index contributed by atoms with van der Waals surface area (Å²) in [5, 5.41) is 27.3. The van der Waals surface area contributed by atoms with Crippen LogP contribution in [-0.2, 0) is 0 Å². The molecule has 0 spiro atoms. The molecule has 9 heteroatoms. The lowest BCUT2D eigenvalue weighted by molar-refractivity contribution is 0.127. The molecular weight excluding hydrogens is 272 g/mol. The molecule has 1 aliphatic carbocycles. The number of nitrogens with two attached hydrogens (primary N) is 1. The van der Waals surface area contributed by atoms with Gasteiger partial charge in [0.15, 0.2) is 16.3 Å². The predicted octanol–water partition coefficient (Wildman–Crippen LogP) is -0.239. The zero-order valence-electron chi connectivity index (χ0n) is 9.94. The van der Waals surface area contributed by atoms with Gasteiger partial charge in [0.2, 0.25) is 5.95 Å². The van der Waals surface area contributed by atoms with Crippen LogP contribution < -0.4 is 5.73 Å². The van der Waals surface area contributed by atoms with E-state index in [1.807, 2.05) is 0 Å². The lowest BCUT2D eigenvalue weighted by atomic mass is 10.1. The van der Waals surface area contributed by atoms with Crippen LogP contribution in [0.2, 0.25) is 5.15 Å². The normalized spacial score (nSPS) is 27.2. The third-order valence-corrected chi connectivity index (χ3v) is 3.73. The monoisotopic (exact) mass is 284 g/mol. The van der Waals surface area contributed by atoms with Crippen molar-refractivity contribution in [3.63, 3.8) is 0 Å². The number of halogens is 1. The summed E-state index contributed by atoms with van der Waals surface area (Å²) in [5.41, 5.74) is 6.32. The fourth-order valence-electron chi connectivity index (χ4n) is 2.54. The van der Waals surface area contributed by atoms with Crippen molar-refractivity contribution in [2.45, 2.75) is 25.0 Å². The van der Waals surface area contributed by atoms with E-state index in [0.717, 1.165) is 0 Å². The molecule has 0 radical (unpaired) electrons. The van der Waals surface area contributed by atoms with Gasteiger partial charge in [-0.1, -0.05) is 16.8 Å². The Hall–Kier alpha value is -1.51. The number of anilines is 1. The van der Waals surface area contributed by atoms with Gasteiger partial charge in [-0.3, -0.25) is 0 Å². The van der Waals surface area contributed by atoms with Crippen LogP contribution in [0.4, 0.5) is 5.95 Å². The minimum Gasteiger partial charge on any atom is -0.396 e. The molecule has 2 aromatic rings. The second kappa shape index (κ2) is 4.55. The van der Waals surface area contributed by atoms with E-state index in [-0.39, 0.29) is 29.7 Å². The number of rotatable bonds is 2. The fourth-order valence-corrected chi connectivity index (χ4v) is 2.75. The Morgan fingerprint density at radius 3 is 2.84 bits per heavy atom. The van der Waals surface area contributed by atoms with Crippen molar-refractivity contribution in [3.05, 3.63) is 5.15 Å². The summed E-state index contributed by atoms with van der Waals surface area (Å²) in [6.07, 6.45) is 0.533. The fraction of sp³-hybridized carbons (Fsp3) is 0.600. The van der Waals surface area contributed by atoms with Gasteiger partial charge in [-0.05, 0) is 18.8 Å². The van der Waals surface area contributed by atoms with Crippen LogP contribution in [0.5, 0.6) is 0 Å². The number of nitrogens with zero attached hydrogens (tertiary/aromatic N) is 5. The van der Waals surface area contributed by atoms with E-state index in [2.05, 4.69) is 20.3 Å². The molecule has 4 N–H and O–H groups in total. The second-order valence-electron chi connectivity index (χ2n) is 4.73. The molecule has 2 aromatic heterocycles. The molecular formula is C10H13ClN6O2. The molecule has 0 aliphatic heterocycles.